The number of likely N-dealkylation sites (tertiary alicyclic amines) is 1. The van der Waals surface area contributed by atoms with Crippen LogP contribution in [0.25, 0.3) is 11.1 Å². The van der Waals surface area contributed by atoms with Crippen LogP contribution in [0, 0.1) is 12.7 Å². The van der Waals surface area contributed by atoms with Gasteiger partial charge in [-0.2, -0.15) is 0 Å². The monoisotopic (exact) mass is 431 g/mol. The summed E-state index contributed by atoms with van der Waals surface area (Å²) in [6.45, 7) is 3.13. The molecule has 1 fully saturated rings. The summed E-state index contributed by atoms with van der Waals surface area (Å²) in [6, 6.07) is 8.53. The molecule has 4 heterocycles. The van der Waals surface area contributed by atoms with Crippen LogP contribution in [-0.4, -0.2) is 38.8 Å². The Morgan fingerprint density at radius 3 is 2.81 bits per heavy atom. The molecule has 1 aliphatic rings. The second kappa shape index (κ2) is 8.37. The molecule has 4 aromatic rings. The van der Waals surface area contributed by atoms with Crippen LogP contribution in [0.1, 0.15) is 40.2 Å². The van der Waals surface area contributed by atoms with E-state index in [0.717, 1.165) is 24.0 Å². The van der Waals surface area contributed by atoms with Gasteiger partial charge in [-0.05, 0) is 55.5 Å². The van der Waals surface area contributed by atoms with E-state index < -0.39 is 0 Å². The summed E-state index contributed by atoms with van der Waals surface area (Å²) in [4.78, 5) is 27.3. The maximum absolute atomic E-state index is 14.3. The number of hydrogen-bond acceptors (Lipinski definition) is 6. The van der Waals surface area contributed by atoms with Crippen molar-refractivity contribution < 1.29 is 13.6 Å². The van der Waals surface area contributed by atoms with Gasteiger partial charge in [0.15, 0.2) is 11.4 Å². The topological polar surface area (TPSA) is 84.2 Å². The Labute approximate surface area is 184 Å². The standard InChI is InChI=1S/C24H22FN5O2/c1-15-4-5-20(19(25)11-15)29-23-22-21(27-14-28-23)18(13-32-22)16-6-9-30(10-7-16)24(31)17-3-2-8-26-12-17/h2-5,8,11-14,16H,6-7,9-10H2,1H3,(H,27,28,29). The summed E-state index contributed by atoms with van der Waals surface area (Å²) in [5, 5.41) is 3.02. The number of rotatable bonds is 4. The average molecular weight is 431 g/mol. The number of furan rings is 1. The molecule has 0 radical (unpaired) electrons. The van der Waals surface area contributed by atoms with Gasteiger partial charge in [-0.3, -0.25) is 9.78 Å². The first-order valence-electron chi connectivity index (χ1n) is 10.5. The molecule has 162 valence electrons. The third-order valence-electron chi connectivity index (χ3n) is 5.89. The highest BCUT2D eigenvalue weighted by molar-refractivity contribution is 5.94. The van der Waals surface area contributed by atoms with E-state index in [-0.39, 0.29) is 17.6 Å². The van der Waals surface area contributed by atoms with Crippen LogP contribution in [0.15, 0.2) is 59.7 Å². The normalized spacial score (nSPS) is 14.6. The van der Waals surface area contributed by atoms with Crippen molar-refractivity contribution in [1.82, 2.24) is 19.9 Å². The van der Waals surface area contributed by atoms with E-state index in [1.807, 2.05) is 17.9 Å². The van der Waals surface area contributed by atoms with Gasteiger partial charge in [0.05, 0.1) is 17.5 Å². The molecule has 0 spiro atoms. The van der Waals surface area contributed by atoms with Crippen molar-refractivity contribution >= 4 is 28.5 Å². The minimum absolute atomic E-state index is 0.00235. The molecule has 0 aliphatic carbocycles. The second-order valence-corrected chi connectivity index (χ2v) is 8.01. The lowest BCUT2D eigenvalue weighted by atomic mass is 9.90. The fourth-order valence-corrected chi connectivity index (χ4v) is 4.16. The van der Waals surface area contributed by atoms with E-state index in [4.69, 9.17) is 4.42 Å². The fourth-order valence-electron chi connectivity index (χ4n) is 4.16. The Balaban J connectivity index is 1.34. The summed E-state index contributed by atoms with van der Waals surface area (Å²) in [7, 11) is 0. The van der Waals surface area contributed by atoms with Crippen molar-refractivity contribution in [2.75, 3.05) is 18.4 Å². The average Bonchev–Trinajstić information content (AvgIpc) is 3.26. The van der Waals surface area contributed by atoms with Crippen molar-refractivity contribution in [2.45, 2.75) is 25.7 Å². The van der Waals surface area contributed by atoms with Gasteiger partial charge in [0.2, 0.25) is 0 Å². The number of halogens is 1. The molecular formula is C24H22FN5O2. The number of anilines is 2. The smallest absolute Gasteiger partial charge is 0.255 e. The summed E-state index contributed by atoms with van der Waals surface area (Å²) in [6.07, 6.45) is 8.03. The van der Waals surface area contributed by atoms with Crippen molar-refractivity contribution in [3.8, 4) is 0 Å². The predicted octanol–water partition coefficient (Wildman–Crippen LogP) is 4.83. The highest BCUT2D eigenvalue weighted by Gasteiger charge is 2.28. The molecule has 3 aromatic heterocycles. The Morgan fingerprint density at radius 1 is 1.22 bits per heavy atom. The van der Waals surface area contributed by atoms with Crippen LogP contribution in [0.3, 0.4) is 0 Å². The van der Waals surface area contributed by atoms with Crippen molar-refractivity contribution in [2.24, 2.45) is 0 Å². The molecule has 7 nitrogen and oxygen atoms in total. The van der Waals surface area contributed by atoms with Gasteiger partial charge in [0.25, 0.3) is 5.91 Å². The number of benzene rings is 1. The minimum Gasteiger partial charge on any atom is -0.458 e. The molecule has 1 N–H and O–H groups in total. The number of nitrogens with zero attached hydrogens (tertiary/aromatic N) is 4. The first kappa shape index (κ1) is 20.1. The van der Waals surface area contributed by atoms with Gasteiger partial charge in [-0.25, -0.2) is 14.4 Å². The number of nitrogens with one attached hydrogen (secondary N) is 1. The Morgan fingerprint density at radius 2 is 2.06 bits per heavy atom. The molecule has 0 saturated carbocycles. The molecule has 1 aromatic carbocycles. The van der Waals surface area contributed by atoms with E-state index >= 15 is 0 Å². The van der Waals surface area contributed by atoms with Gasteiger partial charge in [-0.1, -0.05) is 6.07 Å². The van der Waals surface area contributed by atoms with Crippen LogP contribution >= 0.6 is 0 Å². The van der Waals surface area contributed by atoms with Crippen molar-refractivity contribution in [3.05, 3.63) is 77.8 Å². The van der Waals surface area contributed by atoms with Crippen LogP contribution in [-0.2, 0) is 0 Å². The quantitative estimate of drug-likeness (QED) is 0.498. The molecular weight excluding hydrogens is 409 g/mol. The largest absolute Gasteiger partial charge is 0.458 e. The molecule has 32 heavy (non-hydrogen) atoms. The lowest BCUT2D eigenvalue weighted by molar-refractivity contribution is 0.0712. The summed E-state index contributed by atoms with van der Waals surface area (Å²) in [5.41, 5.74) is 3.98. The maximum Gasteiger partial charge on any atom is 0.255 e. The third kappa shape index (κ3) is 3.79. The Hall–Kier alpha value is -3.81. The number of carbonyl (C=O) groups excluding carboxylic acids is 1. The number of pyridine rings is 1. The SMILES string of the molecule is Cc1ccc(Nc2ncnc3c(C4CCN(C(=O)c5cccnc5)CC4)coc23)c(F)c1. The van der Waals surface area contributed by atoms with Gasteiger partial charge >= 0.3 is 0 Å². The summed E-state index contributed by atoms with van der Waals surface area (Å²) in [5.74, 6) is 0.290. The molecule has 0 bridgehead atoms. The molecule has 8 heteroatoms. The number of piperidine rings is 1. The number of amides is 1. The molecule has 0 unspecified atom stereocenters. The van der Waals surface area contributed by atoms with E-state index in [1.165, 1.54) is 12.4 Å². The number of aromatic nitrogens is 3. The first-order chi connectivity index (χ1) is 15.6. The third-order valence-corrected chi connectivity index (χ3v) is 5.89. The van der Waals surface area contributed by atoms with Gasteiger partial charge in [0.1, 0.15) is 17.7 Å². The first-order valence-corrected chi connectivity index (χ1v) is 10.5. The van der Waals surface area contributed by atoms with Crippen LogP contribution in [0.4, 0.5) is 15.9 Å². The maximum atomic E-state index is 14.3. The van der Waals surface area contributed by atoms with Gasteiger partial charge in [0, 0.05) is 31.0 Å². The number of carbonyl (C=O) groups is 1. The van der Waals surface area contributed by atoms with Gasteiger partial charge in [-0.15, -0.1) is 0 Å². The van der Waals surface area contributed by atoms with Crippen LogP contribution in [0.2, 0.25) is 0 Å². The van der Waals surface area contributed by atoms with Crippen LogP contribution in [0.5, 0.6) is 0 Å². The zero-order valence-electron chi connectivity index (χ0n) is 17.6. The molecule has 1 amide bonds. The molecule has 5 rings (SSSR count). The molecule has 1 saturated heterocycles. The van der Waals surface area contributed by atoms with Crippen molar-refractivity contribution in [3.63, 3.8) is 0 Å². The van der Waals surface area contributed by atoms with Gasteiger partial charge < -0.3 is 14.6 Å². The lowest BCUT2D eigenvalue weighted by Crippen LogP contribution is -2.37. The predicted molar refractivity (Wildman–Crippen MR) is 118 cm³/mol. The lowest BCUT2D eigenvalue weighted by Gasteiger charge is -2.31. The van der Waals surface area contributed by atoms with E-state index in [0.29, 0.717) is 41.3 Å². The zero-order valence-corrected chi connectivity index (χ0v) is 17.6. The number of fused-ring (bicyclic) bond motifs is 1. The number of hydrogen-bond donors (Lipinski definition) is 1. The second-order valence-electron chi connectivity index (χ2n) is 8.01. The summed E-state index contributed by atoms with van der Waals surface area (Å²) >= 11 is 0. The van der Waals surface area contributed by atoms with Crippen molar-refractivity contribution in [1.29, 1.82) is 0 Å². The highest BCUT2D eigenvalue weighted by Crippen LogP contribution is 2.36. The molecule has 1 aliphatic heterocycles. The fraction of sp³-hybridized carbons (Fsp3) is 0.250. The zero-order chi connectivity index (χ0) is 22.1. The summed E-state index contributed by atoms with van der Waals surface area (Å²) < 4.78 is 20.1. The Kier molecular flexibility index (Phi) is 5.26. The van der Waals surface area contributed by atoms with E-state index in [1.54, 1.807) is 36.9 Å². The van der Waals surface area contributed by atoms with E-state index in [2.05, 4.69) is 20.3 Å². The molecule has 0 atom stereocenters. The minimum atomic E-state index is -0.353. The van der Waals surface area contributed by atoms with Crippen LogP contribution < -0.4 is 5.32 Å². The Bertz CT molecular complexity index is 1270. The highest BCUT2D eigenvalue weighted by atomic mass is 19.1. The number of aryl methyl sites for hydroxylation is 1. The van der Waals surface area contributed by atoms with E-state index in [9.17, 15) is 9.18 Å².